The Kier molecular flexibility index (Phi) is 6.60. The summed E-state index contributed by atoms with van der Waals surface area (Å²) in [6.45, 7) is 2.60. The lowest BCUT2D eigenvalue weighted by molar-refractivity contribution is -0.146. The largest absolute Gasteiger partial charge is 0.490 e. The molecule has 1 saturated carbocycles. The van der Waals surface area contributed by atoms with Gasteiger partial charge in [0.15, 0.2) is 0 Å². The monoisotopic (exact) mass is 453 g/mol. The van der Waals surface area contributed by atoms with Crippen molar-refractivity contribution in [2.24, 2.45) is 11.8 Å². The zero-order chi connectivity index (χ0) is 22.9. The fourth-order valence-corrected chi connectivity index (χ4v) is 6.45. The van der Waals surface area contributed by atoms with Crippen molar-refractivity contribution in [2.45, 2.75) is 96.1 Å². The predicted molar refractivity (Wildman–Crippen MR) is 128 cm³/mol. The number of halogens is 1. The number of hydrogen-bond donors (Lipinski definition) is 1. The molecule has 178 valence electrons. The average molecular weight is 454 g/mol. The van der Waals surface area contributed by atoms with E-state index in [-0.39, 0.29) is 12.0 Å². The number of ether oxygens (including phenoxy) is 1. The first-order chi connectivity index (χ1) is 16.0. The number of benzene rings is 2. The van der Waals surface area contributed by atoms with Gasteiger partial charge in [0.05, 0.1) is 12.0 Å². The van der Waals surface area contributed by atoms with E-state index in [2.05, 4.69) is 36.1 Å². The molecule has 2 bridgehead atoms. The van der Waals surface area contributed by atoms with Crippen LogP contribution in [0.25, 0.3) is 10.8 Å². The van der Waals surface area contributed by atoms with Gasteiger partial charge in [0.25, 0.3) is 0 Å². The van der Waals surface area contributed by atoms with Crippen molar-refractivity contribution in [3.8, 4) is 5.75 Å². The molecule has 2 aromatic carbocycles. The lowest BCUT2D eigenvalue weighted by Gasteiger charge is -2.48. The molecule has 0 aromatic heterocycles. The molecule has 5 heteroatoms. The van der Waals surface area contributed by atoms with Crippen molar-refractivity contribution in [1.29, 1.82) is 0 Å². The maximum absolute atomic E-state index is 14.1. The van der Waals surface area contributed by atoms with Gasteiger partial charge in [-0.3, -0.25) is 9.69 Å². The third-order valence-electron chi connectivity index (χ3n) is 8.38. The Hall–Kier alpha value is -2.14. The molecule has 0 amide bonds. The third kappa shape index (κ3) is 4.75. The van der Waals surface area contributed by atoms with E-state index < -0.39 is 12.6 Å². The van der Waals surface area contributed by atoms with Gasteiger partial charge in [0, 0.05) is 24.2 Å². The van der Waals surface area contributed by atoms with Gasteiger partial charge in [-0.2, -0.15) is 0 Å². The average Bonchev–Trinajstić information content (AvgIpc) is 2.80. The van der Waals surface area contributed by atoms with Gasteiger partial charge in [0.1, 0.15) is 12.4 Å². The Bertz CT molecular complexity index is 986. The second-order valence-electron chi connectivity index (χ2n) is 10.6. The molecule has 0 radical (unpaired) electrons. The molecule has 0 spiro atoms. The first kappa shape index (κ1) is 22.6. The molecule has 2 atom stereocenters. The molecule has 2 saturated heterocycles. The molecular formula is C28H36FNO3. The summed E-state index contributed by atoms with van der Waals surface area (Å²) < 4.78 is 20.4. The molecule has 4 nitrogen and oxygen atoms in total. The Morgan fingerprint density at radius 3 is 2.45 bits per heavy atom. The van der Waals surface area contributed by atoms with E-state index in [1.54, 1.807) is 0 Å². The predicted octanol–water partition coefficient (Wildman–Crippen LogP) is 6.48. The molecular weight excluding hydrogens is 417 g/mol. The highest BCUT2D eigenvalue weighted by Gasteiger charge is 2.40. The summed E-state index contributed by atoms with van der Waals surface area (Å²) in [5, 5.41) is 11.5. The second-order valence-corrected chi connectivity index (χ2v) is 10.6. The quantitative estimate of drug-likeness (QED) is 0.543. The molecule has 3 fully saturated rings. The number of alkyl halides is 1. The Balaban J connectivity index is 1.34. The third-order valence-corrected chi connectivity index (χ3v) is 8.38. The lowest BCUT2D eigenvalue weighted by atomic mass is 9.78. The molecule has 1 N–H and O–H groups in total. The normalized spacial score (nSPS) is 30.3. The van der Waals surface area contributed by atoms with Gasteiger partial charge in [-0.15, -0.1) is 0 Å². The van der Waals surface area contributed by atoms with Gasteiger partial charge in [0.2, 0.25) is 0 Å². The Morgan fingerprint density at radius 1 is 1.06 bits per heavy atom. The van der Waals surface area contributed by atoms with E-state index in [1.165, 1.54) is 24.8 Å². The van der Waals surface area contributed by atoms with Crippen LogP contribution >= 0.6 is 0 Å². The number of carbonyl (C=O) groups is 1. The van der Waals surface area contributed by atoms with E-state index in [0.29, 0.717) is 23.4 Å². The number of carboxylic acid groups (broad SMARTS) is 1. The minimum Gasteiger partial charge on any atom is -0.490 e. The van der Waals surface area contributed by atoms with E-state index in [9.17, 15) is 14.3 Å². The van der Waals surface area contributed by atoms with Crippen molar-refractivity contribution in [3.63, 3.8) is 0 Å². The highest BCUT2D eigenvalue weighted by atomic mass is 19.1. The van der Waals surface area contributed by atoms with Crippen LogP contribution in [-0.2, 0) is 18.0 Å². The van der Waals surface area contributed by atoms with Crippen LogP contribution in [0.4, 0.5) is 4.39 Å². The summed E-state index contributed by atoms with van der Waals surface area (Å²) in [7, 11) is 0. The number of hydrogen-bond acceptors (Lipinski definition) is 3. The van der Waals surface area contributed by atoms with E-state index in [1.807, 2.05) is 6.07 Å². The van der Waals surface area contributed by atoms with Gasteiger partial charge >= 0.3 is 5.97 Å². The smallest absolute Gasteiger partial charge is 0.306 e. The lowest BCUT2D eigenvalue weighted by Crippen LogP contribution is -2.52. The number of rotatable bonds is 6. The summed E-state index contributed by atoms with van der Waals surface area (Å²) in [6.07, 6.45) is 9.51. The molecule has 33 heavy (non-hydrogen) atoms. The maximum atomic E-state index is 14.1. The second kappa shape index (κ2) is 9.61. The molecule has 5 rings (SSSR count). The fourth-order valence-electron chi connectivity index (χ4n) is 6.45. The molecule has 2 heterocycles. The van der Waals surface area contributed by atoms with Gasteiger partial charge in [-0.05, 0) is 85.8 Å². The van der Waals surface area contributed by atoms with Crippen molar-refractivity contribution in [3.05, 3.63) is 41.5 Å². The number of carboxylic acids is 1. The van der Waals surface area contributed by atoms with Crippen molar-refractivity contribution in [2.75, 3.05) is 0 Å². The van der Waals surface area contributed by atoms with Crippen LogP contribution in [0.1, 0.15) is 75.8 Å². The zero-order valence-electron chi connectivity index (χ0n) is 19.6. The van der Waals surface area contributed by atoms with Crippen LogP contribution in [0.2, 0.25) is 0 Å². The Labute approximate surface area is 196 Å². The van der Waals surface area contributed by atoms with Gasteiger partial charge < -0.3 is 9.84 Å². The van der Waals surface area contributed by atoms with Crippen molar-refractivity contribution < 1.29 is 19.0 Å². The highest BCUT2D eigenvalue weighted by Crippen LogP contribution is 2.39. The van der Waals surface area contributed by atoms with Crippen molar-refractivity contribution in [1.82, 2.24) is 4.90 Å². The molecule has 3 aliphatic rings. The number of fused-ring (bicyclic) bond motifs is 3. The molecule has 2 aromatic rings. The minimum atomic E-state index is -0.642. The molecule has 2 unspecified atom stereocenters. The fraction of sp³-hybridized carbons (Fsp3) is 0.607. The summed E-state index contributed by atoms with van der Waals surface area (Å²) in [6, 6.07) is 11.1. The highest BCUT2D eigenvalue weighted by molar-refractivity contribution is 5.88. The zero-order valence-corrected chi connectivity index (χ0v) is 19.6. The summed E-state index contributed by atoms with van der Waals surface area (Å²) >= 11 is 0. The SMILES string of the molecule is C[C@H]1CC[C@@H](Oc2ccc3cc(CN4C5CCCC4CC(C(=O)O)C5)ccc3c2CF)CC1. The maximum Gasteiger partial charge on any atom is 0.306 e. The van der Waals surface area contributed by atoms with E-state index in [4.69, 9.17) is 4.74 Å². The topological polar surface area (TPSA) is 49.8 Å². The Morgan fingerprint density at radius 2 is 1.79 bits per heavy atom. The van der Waals surface area contributed by atoms with Crippen LogP contribution in [0.15, 0.2) is 30.3 Å². The number of nitrogens with zero attached hydrogens (tertiary/aromatic N) is 1. The van der Waals surface area contributed by atoms with Crippen LogP contribution in [0, 0.1) is 11.8 Å². The van der Waals surface area contributed by atoms with Gasteiger partial charge in [-0.25, -0.2) is 4.39 Å². The van der Waals surface area contributed by atoms with Crippen LogP contribution in [-0.4, -0.2) is 34.2 Å². The number of aliphatic carboxylic acids is 1. The minimum absolute atomic E-state index is 0.191. The summed E-state index contributed by atoms with van der Waals surface area (Å²) in [4.78, 5) is 14.1. The van der Waals surface area contributed by atoms with Crippen LogP contribution in [0.5, 0.6) is 5.75 Å². The van der Waals surface area contributed by atoms with Gasteiger partial charge in [-0.1, -0.05) is 31.5 Å². The first-order valence-electron chi connectivity index (χ1n) is 12.8. The molecule has 1 aliphatic carbocycles. The van der Waals surface area contributed by atoms with E-state index in [0.717, 1.165) is 61.8 Å². The standard InChI is InChI=1S/C28H36FNO3/c1-18-5-9-24(10-6-18)33-27-12-8-20-13-19(7-11-25(20)26(27)16-29)17-30-22-3-2-4-23(30)15-21(14-22)28(31)32/h7-8,11-13,18,21-24H,2-6,9-10,14-17H2,1H3,(H,31,32)/t18-,21?,22?,23?,24+. The van der Waals surface area contributed by atoms with E-state index >= 15 is 0 Å². The van der Waals surface area contributed by atoms with Crippen LogP contribution in [0.3, 0.4) is 0 Å². The molecule has 2 aliphatic heterocycles. The first-order valence-corrected chi connectivity index (χ1v) is 12.8. The summed E-state index contributed by atoms with van der Waals surface area (Å²) in [5.74, 6) is 0.611. The van der Waals surface area contributed by atoms with Crippen molar-refractivity contribution >= 4 is 16.7 Å². The van der Waals surface area contributed by atoms with Crippen LogP contribution < -0.4 is 4.74 Å². The number of piperidine rings is 2. The summed E-state index contributed by atoms with van der Waals surface area (Å²) in [5.41, 5.74) is 1.88.